The van der Waals surface area contributed by atoms with Gasteiger partial charge in [0.15, 0.2) is 0 Å². The van der Waals surface area contributed by atoms with Gasteiger partial charge in [0, 0.05) is 17.8 Å². The van der Waals surface area contributed by atoms with E-state index in [1.165, 1.54) is 44.8 Å². The van der Waals surface area contributed by atoms with Crippen molar-refractivity contribution in [3.8, 4) is 0 Å². The molecule has 0 bridgehead atoms. The third kappa shape index (κ3) is 5.30. The van der Waals surface area contributed by atoms with Gasteiger partial charge >= 0.3 is 0 Å². The minimum absolute atomic E-state index is 0.0538. The molecule has 0 spiro atoms. The van der Waals surface area contributed by atoms with Gasteiger partial charge in [0.05, 0.1) is 5.75 Å². The molecule has 1 N–H and O–H groups in total. The zero-order valence-electron chi connectivity index (χ0n) is 10.8. The molecule has 0 aromatic rings. The molecule has 0 heterocycles. The Labute approximate surface area is 99.9 Å². The molecule has 0 aliphatic heterocycles. The lowest BCUT2D eigenvalue weighted by molar-refractivity contribution is 0.290. The second-order valence-electron chi connectivity index (χ2n) is 5.61. The molecule has 1 rings (SSSR count). The molecule has 1 atom stereocenters. The lowest BCUT2D eigenvalue weighted by Gasteiger charge is -2.33. The first-order chi connectivity index (χ1) is 7.31. The van der Waals surface area contributed by atoms with E-state index < -0.39 is 9.84 Å². The maximum atomic E-state index is 11.2. The molecule has 0 amide bonds. The van der Waals surface area contributed by atoms with Crippen LogP contribution in [0.4, 0.5) is 0 Å². The third-order valence-corrected chi connectivity index (χ3v) is 4.46. The topological polar surface area (TPSA) is 46.2 Å². The van der Waals surface area contributed by atoms with Crippen molar-refractivity contribution in [2.24, 2.45) is 0 Å². The predicted molar refractivity (Wildman–Crippen MR) is 68.4 cm³/mol. The Hall–Kier alpha value is -0.0900. The molecular weight excluding hydrogens is 222 g/mol. The van der Waals surface area contributed by atoms with Gasteiger partial charge in [-0.3, -0.25) is 0 Å². The van der Waals surface area contributed by atoms with Gasteiger partial charge in [-0.2, -0.15) is 0 Å². The average Bonchev–Trinajstić information content (AvgIpc) is 2.25. The summed E-state index contributed by atoms with van der Waals surface area (Å²) in [5.41, 5.74) is 0.139. The van der Waals surface area contributed by atoms with Crippen molar-refractivity contribution in [2.45, 2.75) is 64.0 Å². The lowest BCUT2D eigenvalue weighted by atomic mass is 9.92. The van der Waals surface area contributed by atoms with Crippen molar-refractivity contribution in [3.05, 3.63) is 0 Å². The van der Waals surface area contributed by atoms with Gasteiger partial charge in [-0.1, -0.05) is 25.7 Å². The first-order valence-corrected chi connectivity index (χ1v) is 8.32. The van der Waals surface area contributed by atoms with Gasteiger partial charge in [0.25, 0.3) is 0 Å². The summed E-state index contributed by atoms with van der Waals surface area (Å²) < 4.78 is 22.4. The molecule has 96 valence electrons. The van der Waals surface area contributed by atoms with Crippen LogP contribution in [0.25, 0.3) is 0 Å². The fourth-order valence-electron chi connectivity index (χ4n) is 2.74. The zero-order valence-corrected chi connectivity index (χ0v) is 11.6. The van der Waals surface area contributed by atoms with E-state index in [2.05, 4.69) is 12.2 Å². The molecule has 0 radical (unpaired) electrons. The number of hydrogen-bond acceptors (Lipinski definition) is 3. The molecule has 0 aromatic heterocycles. The van der Waals surface area contributed by atoms with Crippen LogP contribution in [0, 0.1) is 0 Å². The monoisotopic (exact) mass is 247 g/mol. The molecule has 0 aromatic carbocycles. The fraction of sp³-hybridized carbons (Fsp3) is 1.00. The van der Waals surface area contributed by atoms with Gasteiger partial charge in [-0.05, 0) is 26.7 Å². The lowest BCUT2D eigenvalue weighted by Crippen LogP contribution is -2.49. The summed E-state index contributed by atoms with van der Waals surface area (Å²) in [6.07, 6.45) is 8.79. The molecule has 1 unspecified atom stereocenters. The SMILES string of the molecule is CC(CS(C)(=O)=O)NC1(C)CCCCCC1. The Bertz CT molecular complexity index is 303. The summed E-state index contributed by atoms with van der Waals surface area (Å²) in [6.45, 7) is 4.20. The maximum absolute atomic E-state index is 11.2. The van der Waals surface area contributed by atoms with Crippen LogP contribution in [0.3, 0.4) is 0 Å². The van der Waals surface area contributed by atoms with E-state index in [0.29, 0.717) is 0 Å². The van der Waals surface area contributed by atoms with E-state index in [1.807, 2.05) is 6.92 Å². The molecule has 4 heteroatoms. The molecule has 0 saturated heterocycles. The minimum atomic E-state index is -2.87. The summed E-state index contributed by atoms with van der Waals surface area (Å²) in [4.78, 5) is 0. The van der Waals surface area contributed by atoms with Gasteiger partial charge in [-0.15, -0.1) is 0 Å². The van der Waals surface area contributed by atoms with Crippen LogP contribution in [0.5, 0.6) is 0 Å². The van der Waals surface area contributed by atoms with Gasteiger partial charge in [0.2, 0.25) is 0 Å². The van der Waals surface area contributed by atoms with Crippen molar-refractivity contribution < 1.29 is 8.42 Å². The molecule has 3 nitrogen and oxygen atoms in total. The van der Waals surface area contributed by atoms with Crippen LogP contribution in [0.1, 0.15) is 52.4 Å². The number of hydrogen-bond donors (Lipinski definition) is 1. The Morgan fingerprint density at radius 3 is 2.12 bits per heavy atom. The van der Waals surface area contributed by atoms with Crippen LogP contribution in [-0.4, -0.2) is 32.0 Å². The van der Waals surface area contributed by atoms with E-state index in [0.717, 1.165) is 0 Å². The molecular formula is C12H25NO2S. The second kappa shape index (κ2) is 5.50. The quantitative estimate of drug-likeness (QED) is 0.774. The normalized spacial score (nSPS) is 23.7. The Morgan fingerprint density at radius 2 is 1.69 bits per heavy atom. The highest BCUT2D eigenvalue weighted by Crippen LogP contribution is 2.27. The number of rotatable bonds is 4. The summed E-state index contributed by atoms with van der Waals surface area (Å²) >= 11 is 0. The zero-order chi connectivity index (χ0) is 12.2. The van der Waals surface area contributed by atoms with Crippen molar-refractivity contribution in [2.75, 3.05) is 12.0 Å². The molecule has 1 aliphatic carbocycles. The molecule has 1 saturated carbocycles. The van der Waals surface area contributed by atoms with Crippen LogP contribution >= 0.6 is 0 Å². The standard InChI is InChI=1S/C12H25NO2S/c1-11(10-16(3,14)15)13-12(2)8-6-4-5-7-9-12/h11,13H,4-10H2,1-3H3. The van der Waals surface area contributed by atoms with E-state index in [1.54, 1.807) is 0 Å². The highest BCUT2D eigenvalue weighted by molar-refractivity contribution is 7.90. The smallest absolute Gasteiger partial charge is 0.148 e. The number of sulfone groups is 1. The van der Waals surface area contributed by atoms with Crippen molar-refractivity contribution in [1.82, 2.24) is 5.32 Å². The second-order valence-corrected chi connectivity index (χ2v) is 7.80. The average molecular weight is 247 g/mol. The number of nitrogens with one attached hydrogen (secondary N) is 1. The maximum Gasteiger partial charge on any atom is 0.148 e. The third-order valence-electron chi connectivity index (χ3n) is 3.35. The molecule has 1 fully saturated rings. The van der Waals surface area contributed by atoms with Crippen LogP contribution in [0.2, 0.25) is 0 Å². The van der Waals surface area contributed by atoms with Crippen LogP contribution < -0.4 is 5.32 Å². The highest BCUT2D eigenvalue weighted by Gasteiger charge is 2.27. The van der Waals surface area contributed by atoms with Crippen molar-refractivity contribution in [3.63, 3.8) is 0 Å². The van der Waals surface area contributed by atoms with E-state index in [9.17, 15) is 8.42 Å². The van der Waals surface area contributed by atoms with Crippen LogP contribution in [0.15, 0.2) is 0 Å². The Morgan fingerprint density at radius 1 is 1.19 bits per heavy atom. The van der Waals surface area contributed by atoms with Crippen LogP contribution in [-0.2, 0) is 9.84 Å². The van der Waals surface area contributed by atoms with E-state index in [-0.39, 0.29) is 17.3 Å². The molecule has 1 aliphatic rings. The Kier molecular flexibility index (Phi) is 4.80. The van der Waals surface area contributed by atoms with Crippen molar-refractivity contribution in [1.29, 1.82) is 0 Å². The summed E-state index contributed by atoms with van der Waals surface area (Å²) in [6, 6.07) is 0.0538. The summed E-state index contributed by atoms with van der Waals surface area (Å²) in [5.74, 6) is 0.239. The van der Waals surface area contributed by atoms with Gasteiger partial charge < -0.3 is 5.32 Å². The Balaban J connectivity index is 2.50. The van der Waals surface area contributed by atoms with E-state index >= 15 is 0 Å². The summed E-state index contributed by atoms with van der Waals surface area (Å²) in [7, 11) is -2.87. The summed E-state index contributed by atoms with van der Waals surface area (Å²) in [5, 5.41) is 3.51. The first-order valence-electron chi connectivity index (χ1n) is 6.26. The molecule has 16 heavy (non-hydrogen) atoms. The highest BCUT2D eigenvalue weighted by atomic mass is 32.2. The van der Waals surface area contributed by atoms with Gasteiger partial charge in [0.1, 0.15) is 9.84 Å². The van der Waals surface area contributed by atoms with Gasteiger partial charge in [-0.25, -0.2) is 8.42 Å². The predicted octanol–water partition coefficient (Wildman–Crippen LogP) is 2.12. The minimum Gasteiger partial charge on any atom is -0.308 e. The fourth-order valence-corrected chi connectivity index (χ4v) is 3.74. The first kappa shape index (κ1) is 14.0. The van der Waals surface area contributed by atoms with E-state index in [4.69, 9.17) is 0 Å². The van der Waals surface area contributed by atoms with Crippen molar-refractivity contribution >= 4 is 9.84 Å². The largest absolute Gasteiger partial charge is 0.308 e.